The zero-order valence-corrected chi connectivity index (χ0v) is 19.3. The van der Waals surface area contributed by atoms with Crippen LogP contribution in [0.4, 0.5) is 0 Å². The van der Waals surface area contributed by atoms with E-state index in [1.165, 1.54) is 24.7 Å². The van der Waals surface area contributed by atoms with E-state index in [1.54, 1.807) is 12.1 Å². The highest BCUT2D eigenvalue weighted by Crippen LogP contribution is 2.11. The third kappa shape index (κ3) is 9.42. The van der Waals surface area contributed by atoms with E-state index in [4.69, 9.17) is 11.5 Å². The molecule has 3 atom stereocenters. The van der Waals surface area contributed by atoms with Crippen LogP contribution in [0.3, 0.4) is 0 Å². The van der Waals surface area contributed by atoms with Crippen LogP contribution in [0, 0.1) is 0 Å². The molecular formula is C22H29N7O7. The number of carboxylic acid groups (broad SMARTS) is 1. The predicted molar refractivity (Wildman–Crippen MR) is 125 cm³/mol. The summed E-state index contributed by atoms with van der Waals surface area (Å²) >= 11 is 0. The molecular weight excluding hydrogens is 474 g/mol. The lowest BCUT2D eigenvalue weighted by atomic mass is 10.0. The summed E-state index contributed by atoms with van der Waals surface area (Å²) in [7, 11) is 0. The van der Waals surface area contributed by atoms with E-state index in [0.29, 0.717) is 11.3 Å². The molecule has 0 radical (unpaired) electrons. The van der Waals surface area contributed by atoms with Crippen molar-refractivity contribution in [2.24, 2.45) is 11.5 Å². The summed E-state index contributed by atoms with van der Waals surface area (Å²) in [6, 6.07) is 2.66. The van der Waals surface area contributed by atoms with Crippen molar-refractivity contribution >= 4 is 29.6 Å². The number of hydrogen-bond acceptors (Lipinski definition) is 8. The van der Waals surface area contributed by atoms with E-state index >= 15 is 0 Å². The van der Waals surface area contributed by atoms with Crippen LogP contribution in [0.1, 0.15) is 24.1 Å². The number of aliphatic carboxylic acids is 1. The van der Waals surface area contributed by atoms with Crippen LogP contribution in [0.5, 0.6) is 5.75 Å². The second-order valence-electron chi connectivity index (χ2n) is 8.00. The van der Waals surface area contributed by atoms with Gasteiger partial charge in [-0.25, -0.2) is 9.78 Å². The summed E-state index contributed by atoms with van der Waals surface area (Å²) in [5.74, 6) is -4.15. The monoisotopic (exact) mass is 503 g/mol. The number of hydrogen-bond donors (Lipinski definition) is 8. The number of aromatic nitrogens is 2. The molecule has 2 rings (SSSR count). The highest BCUT2D eigenvalue weighted by atomic mass is 16.4. The average Bonchev–Trinajstić information content (AvgIpc) is 3.34. The first kappa shape index (κ1) is 27.8. The first-order valence-corrected chi connectivity index (χ1v) is 10.9. The molecule has 0 aliphatic heterocycles. The number of aromatic hydroxyl groups is 1. The molecule has 1 heterocycles. The molecule has 0 aliphatic carbocycles. The van der Waals surface area contributed by atoms with E-state index < -0.39 is 54.3 Å². The fourth-order valence-corrected chi connectivity index (χ4v) is 3.16. The molecule has 0 bridgehead atoms. The molecule has 14 heteroatoms. The third-order valence-electron chi connectivity index (χ3n) is 5.08. The minimum absolute atomic E-state index is 0.0154. The van der Waals surface area contributed by atoms with Gasteiger partial charge in [-0.1, -0.05) is 12.1 Å². The molecule has 36 heavy (non-hydrogen) atoms. The van der Waals surface area contributed by atoms with Crippen molar-refractivity contribution in [3.63, 3.8) is 0 Å². The standard InChI is InChI=1S/C22H29N7O7/c23-15(7-12-1-3-14(30)4-2-12)20(33)29-17(8-13-9-25-11-27-13)21(34)26-10-19(32)28-16(22(35)36)5-6-18(24)31/h1-4,9,11,15-17,30H,5-8,10,23H2,(H2,24,31)(H,25,27)(H,26,34)(H,28,32)(H,29,33)(H,35,36). The molecule has 0 saturated carbocycles. The number of amides is 4. The molecule has 4 amide bonds. The third-order valence-corrected chi connectivity index (χ3v) is 5.08. The highest BCUT2D eigenvalue weighted by molar-refractivity contribution is 5.92. The Bertz CT molecular complexity index is 1060. The summed E-state index contributed by atoms with van der Waals surface area (Å²) < 4.78 is 0. The van der Waals surface area contributed by atoms with Gasteiger partial charge in [-0.15, -0.1) is 0 Å². The Morgan fingerprint density at radius 2 is 1.69 bits per heavy atom. The number of benzene rings is 1. The fourth-order valence-electron chi connectivity index (χ4n) is 3.16. The summed E-state index contributed by atoms with van der Waals surface area (Å²) in [6.07, 6.45) is 2.57. The van der Waals surface area contributed by atoms with Gasteiger partial charge in [-0.2, -0.15) is 0 Å². The van der Waals surface area contributed by atoms with Crippen LogP contribution in [-0.2, 0) is 36.8 Å². The number of H-pyrrole nitrogens is 1. The Morgan fingerprint density at radius 3 is 2.28 bits per heavy atom. The number of nitrogens with one attached hydrogen (secondary N) is 4. The van der Waals surface area contributed by atoms with Gasteiger partial charge in [0.1, 0.15) is 17.8 Å². The SMILES string of the molecule is NC(=O)CCC(NC(=O)CNC(=O)C(Cc1cnc[nH]1)NC(=O)C(N)Cc1ccc(O)cc1)C(=O)O. The highest BCUT2D eigenvalue weighted by Gasteiger charge is 2.26. The fraction of sp³-hybridized carbons (Fsp3) is 0.364. The lowest BCUT2D eigenvalue weighted by molar-refractivity contribution is -0.142. The molecule has 0 fully saturated rings. The smallest absolute Gasteiger partial charge is 0.326 e. The van der Waals surface area contributed by atoms with E-state index in [2.05, 4.69) is 25.9 Å². The second-order valence-corrected chi connectivity index (χ2v) is 8.00. The number of carboxylic acids is 1. The first-order chi connectivity index (χ1) is 17.0. The Balaban J connectivity index is 1.97. The summed E-state index contributed by atoms with van der Waals surface area (Å²) in [4.78, 5) is 66.4. The van der Waals surface area contributed by atoms with Crippen LogP contribution in [0.15, 0.2) is 36.8 Å². The van der Waals surface area contributed by atoms with Crippen molar-refractivity contribution < 1.29 is 34.2 Å². The number of aromatic amines is 1. The molecule has 194 valence electrons. The number of carbonyl (C=O) groups excluding carboxylic acids is 4. The zero-order valence-electron chi connectivity index (χ0n) is 19.3. The number of primary amides is 1. The Kier molecular flexibility index (Phi) is 10.4. The Hall–Kier alpha value is -4.46. The van der Waals surface area contributed by atoms with Gasteiger partial charge in [0.05, 0.1) is 18.9 Å². The molecule has 10 N–H and O–H groups in total. The van der Waals surface area contributed by atoms with Crippen molar-refractivity contribution in [2.45, 2.75) is 43.8 Å². The van der Waals surface area contributed by atoms with Crippen molar-refractivity contribution in [1.82, 2.24) is 25.9 Å². The molecule has 0 spiro atoms. The molecule has 2 aromatic rings. The molecule has 0 saturated heterocycles. The first-order valence-electron chi connectivity index (χ1n) is 10.9. The van der Waals surface area contributed by atoms with Crippen molar-refractivity contribution in [3.05, 3.63) is 48.0 Å². The van der Waals surface area contributed by atoms with Gasteiger partial charge >= 0.3 is 5.97 Å². The lowest BCUT2D eigenvalue weighted by Crippen LogP contribution is -2.54. The largest absolute Gasteiger partial charge is 0.508 e. The molecule has 0 aliphatic rings. The molecule has 1 aromatic carbocycles. The number of rotatable bonds is 14. The lowest BCUT2D eigenvalue weighted by Gasteiger charge is -2.21. The number of imidazole rings is 1. The number of nitrogens with two attached hydrogens (primary N) is 2. The quantitative estimate of drug-likeness (QED) is 0.137. The van der Waals surface area contributed by atoms with Gasteiger partial charge < -0.3 is 42.6 Å². The van der Waals surface area contributed by atoms with Gasteiger partial charge in [0.15, 0.2) is 0 Å². The van der Waals surface area contributed by atoms with Crippen LogP contribution in [-0.4, -0.2) is 74.4 Å². The Labute approximate surface area is 205 Å². The van der Waals surface area contributed by atoms with E-state index in [9.17, 15) is 34.2 Å². The van der Waals surface area contributed by atoms with Crippen molar-refractivity contribution in [2.75, 3.05) is 6.54 Å². The van der Waals surface area contributed by atoms with E-state index in [0.717, 1.165) is 0 Å². The van der Waals surface area contributed by atoms with E-state index in [-0.39, 0.29) is 31.4 Å². The summed E-state index contributed by atoms with van der Waals surface area (Å²) in [5, 5.41) is 25.7. The van der Waals surface area contributed by atoms with Crippen molar-refractivity contribution in [1.29, 1.82) is 0 Å². The summed E-state index contributed by atoms with van der Waals surface area (Å²) in [5.41, 5.74) is 12.2. The topological polar surface area (TPSA) is 243 Å². The number of phenols is 1. The minimum Gasteiger partial charge on any atom is -0.508 e. The molecule has 14 nitrogen and oxygen atoms in total. The Morgan fingerprint density at radius 1 is 1.00 bits per heavy atom. The van der Waals surface area contributed by atoms with Gasteiger partial charge in [0.25, 0.3) is 0 Å². The predicted octanol–water partition coefficient (Wildman–Crippen LogP) is -2.34. The number of nitrogens with zero attached hydrogens (tertiary/aromatic N) is 1. The second kappa shape index (κ2) is 13.4. The van der Waals surface area contributed by atoms with Crippen molar-refractivity contribution in [3.8, 4) is 5.75 Å². The maximum atomic E-state index is 12.8. The molecule has 1 aromatic heterocycles. The maximum absolute atomic E-state index is 12.8. The van der Waals surface area contributed by atoms with Crippen LogP contribution < -0.4 is 27.4 Å². The summed E-state index contributed by atoms with van der Waals surface area (Å²) in [6.45, 7) is -0.575. The average molecular weight is 504 g/mol. The van der Waals surface area contributed by atoms with Gasteiger partial charge in [0, 0.05) is 24.7 Å². The normalized spacial score (nSPS) is 13.1. The van der Waals surface area contributed by atoms with E-state index in [1.807, 2.05) is 0 Å². The minimum atomic E-state index is -1.36. The molecule has 3 unspecified atom stereocenters. The maximum Gasteiger partial charge on any atom is 0.326 e. The number of carbonyl (C=O) groups is 5. The van der Waals surface area contributed by atoms with Gasteiger partial charge in [0.2, 0.25) is 23.6 Å². The van der Waals surface area contributed by atoms with Crippen LogP contribution >= 0.6 is 0 Å². The van der Waals surface area contributed by atoms with Crippen LogP contribution in [0.2, 0.25) is 0 Å². The number of phenolic OH excluding ortho intramolecular Hbond substituents is 1. The zero-order chi connectivity index (χ0) is 26.7. The van der Waals surface area contributed by atoms with Gasteiger partial charge in [-0.3, -0.25) is 19.2 Å². The van der Waals surface area contributed by atoms with Gasteiger partial charge in [-0.05, 0) is 30.5 Å². The van der Waals surface area contributed by atoms with Crippen LogP contribution in [0.25, 0.3) is 0 Å².